The van der Waals surface area contributed by atoms with E-state index in [4.69, 9.17) is 0 Å². The average Bonchev–Trinajstić information content (AvgIpc) is 3.09. The van der Waals surface area contributed by atoms with Gasteiger partial charge in [-0.2, -0.15) is 0 Å². The van der Waals surface area contributed by atoms with E-state index in [9.17, 15) is 0 Å². The summed E-state index contributed by atoms with van der Waals surface area (Å²) in [6.45, 7) is 0. The molecule has 0 unspecified atom stereocenters. The van der Waals surface area contributed by atoms with Crippen molar-refractivity contribution >= 4 is 27.7 Å². The summed E-state index contributed by atoms with van der Waals surface area (Å²) in [4.78, 5) is 4.49. The highest BCUT2D eigenvalue weighted by molar-refractivity contribution is 9.10. The highest BCUT2D eigenvalue weighted by atomic mass is 79.9. The number of nitrogens with one attached hydrogen (secondary N) is 1. The third kappa shape index (κ3) is 2.90. The van der Waals surface area contributed by atoms with E-state index in [1.54, 1.807) is 11.8 Å². The second-order valence-electron chi connectivity index (χ2n) is 4.19. The second-order valence-corrected chi connectivity index (χ2v) is 6.05. The lowest BCUT2D eigenvalue weighted by Crippen LogP contribution is -1.82. The number of benzene rings is 1. The minimum Gasteiger partial charge on any atom is -0.262 e. The molecule has 0 atom stereocenters. The molecule has 1 heterocycles. The van der Waals surface area contributed by atoms with Crippen molar-refractivity contribution in [2.75, 3.05) is 0 Å². The zero-order valence-electron chi connectivity index (χ0n) is 9.19. The first-order valence-electron chi connectivity index (χ1n) is 5.61. The Morgan fingerprint density at radius 1 is 1.29 bits per heavy atom. The fourth-order valence-electron chi connectivity index (χ4n) is 1.59. The van der Waals surface area contributed by atoms with Crippen LogP contribution in [-0.2, 0) is 5.75 Å². The van der Waals surface area contributed by atoms with E-state index in [1.807, 2.05) is 0 Å². The fraction of sp³-hybridized carbons (Fsp3) is 0.333. The van der Waals surface area contributed by atoms with Gasteiger partial charge in [0.1, 0.15) is 5.82 Å². The van der Waals surface area contributed by atoms with E-state index in [-0.39, 0.29) is 0 Å². The molecule has 1 aliphatic rings. The summed E-state index contributed by atoms with van der Waals surface area (Å²) in [6, 6.07) is 8.35. The lowest BCUT2D eigenvalue weighted by molar-refractivity contribution is 0.932. The fourth-order valence-corrected chi connectivity index (χ4v) is 2.62. The number of rotatable bonds is 4. The summed E-state index contributed by atoms with van der Waals surface area (Å²) in [5, 5.41) is 8.11. The van der Waals surface area contributed by atoms with Gasteiger partial charge in [0, 0.05) is 16.1 Å². The first-order valence-corrected chi connectivity index (χ1v) is 7.38. The van der Waals surface area contributed by atoms with Gasteiger partial charge in [-0.3, -0.25) is 5.10 Å². The normalized spacial score (nSPS) is 15.1. The molecule has 1 aromatic carbocycles. The number of aromatic amines is 1. The molecule has 1 saturated carbocycles. The number of hydrogen-bond donors (Lipinski definition) is 1. The van der Waals surface area contributed by atoms with Crippen molar-refractivity contribution in [2.45, 2.75) is 29.7 Å². The van der Waals surface area contributed by atoms with Gasteiger partial charge in [0.2, 0.25) is 5.16 Å². The summed E-state index contributed by atoms with van der Waals surface area (Å²) in [5.74, 6) is 2.61. The first kappa shape index (κ1) is 11.3. The Hall–Kier alpha value is -0.810. The zero-order valence-corrected chi connectivity index (χ0v) is 11.6. The van der Waals surface area contributed by atoms with Crippen molar-refractivity contribution in [3.63, 3.8) is 0 Å². The number of H-pyrrole nitrogens is 1. The van der Waals surface area contributed by atoms with E-state index in [0.717, 1.165) is 21.2 Å². The SMILES string of the molecule is Brc1ccc(CSc2n[nH]c(C3CC3)n2)cc1. The van der Waals surface area contributed by atoms with Crippen LogP contribution in [0.15, 0.2) is 33.9 Å². The quantitative estimate of drug-likeness (QED) is 0.875. The van der Waals surface area contributed by atoms with Gasteiger partial charge in [-0.25, -0.2) is 4.98 Å². The Morgan fingerprint density at radius 2 is 2.06 bits per heavy atom. The van der Waals surface area contributed by atoms with Crippen LogP contribution in [-0.4, -0.2) is 15.2 Å². The molecule has 0 bridgehead atoms. The lowest BCUT2D eigenvalue weighted by Gasteiger charge is -1.98. The van der Waals surface area contributed by atoms with Crippen molar-refractivity contribution in [3.05, 3.63) is 40.1 Å². The molecule has 0 radical (unpaired) electrons. The smallest absolute Gasteiger partial charge is 0.208 e. The molecule has 3 nitrogen and oxygen atoms in total. The summed E-state index contributed by atoms with van der Waals surface area (Å²) in [7, 11) is 0. The van der Waals surface area contributed by atoms with Crippen LogP contribution in [0, 0.1) is 0 Å². The van der Waals surface area contributed by atoms with Gasteiger partial charge in [0.05, 0.1) is 0 Å². The number of hydrogen-bond acceptors (Lipinski definition) is 3. The van der Waals surface area contributed by atoms with Gasteiger partial charge in [0.15, 0.2) is 0 Å². The van der Waals surface area contributed by atoms with Crippen molar-refractivity contribution in [1.29, 1.82) is 0 Å². The van der Waals surface area contributed by atoms with Crippen molar-refractivity contribution < 1.29 is 0 Å². The highest BCUT2D eigenvalue weighted by Crippen LogP contribution is 2.38. The Balaban J connectivity index is 1.60. The second kappa shape index (κ2) is 4.82. The predicted molar refractivity (Wildman–Crippen MR) is 72.1 cm³/mol. The first-order chi connectivity index (χ1) is 8.31. The van der Waals surface area contributed by atoms with Gasteiger partial charge >= 0.3 is 0 Å². The molecule has 1 fully saturated rings. The summed E-state index contributed by atoms with van der Waals surface area (Å²) in [6.07, 6.45) is 2.51. The number of halogens is 1. The molecule has 1 aliphatic carbocycles. The lowest BCUT2D eigenvalue weighted by atomic mass is 10.2. The van der Waals surface area contributed by atoms with Gasteiger partial charge in [-0.15, -0.1) is 5.10 Å². The van der Waals surface area contributed by atoms with E-state index in [1.165, 1.54) is 18.4 Å². The van der Waals surface area contributed by atoms with Crippen LogP contribution in [0.5, 0.6) is 0 Å². The molecular weight excluding hydrogens is 298 g/mol. The van der Waals surface area contributed by atoms with Crippen LogP contribution in [0.1, 0.15) is 30.1 Å². The Morgan fingerprint density at radius 3 is 2.76 bits per heavy atom. The van der Waals surface area contributed by atoms with Crippen molar-refractivity contribution in [1.82, 2.24) is 15.2 Å². The Bertz CT molecular complexity index is 505. The van der Waals surface area contributed by atoms with Crippen LogP contribution in [0.2, 0.25) is 0 Å². The van der Waals surface area contributed by atoms with E-state index in [0.29, 0.717) is 5.92 Å². The summed E-state index contributed by atoms with van der Waals surface area (Å²) < 4.78 is 1.11. The molecule has 0 saturated heterocycles. The molecular formula is C12H12BrN3S. The molecule has 0 spiro atoms. The molecule has 2 aromatic rings. The van der Waals surface area contributed by atoms with Crippen LogP contribution in [0.25, 0.3) is 0 Å². The Kier molecular flexibility index (Phi) is 3.20. The molecule has 3 rings (SSSR count). The van der Waals surface area contributed by atoms with Gasteiger partial charge in [-0.1, -0.05) is 39.8 Å². The van der Waals surface area contributed by atoms with Crippen LogP contribution in [0.3, 0.4) is 0 Å². The van der Waals surface area contributed by atoms with Gasteiger partial charge in [0.25, 0.3) is 0 Å². The third-order valence-electron chi connectivity index (χ3n) is 2.73. The van der Waals surface area contributed by atoms with Crippen molar-refractivity contribution in [2.24, 2.45) is 0 Å². The minimum atomic E-state index is 0.643. The minimum absolute atomic E-state index is 0.643. The molecule has 0 aliphatic heterocycles. The monoisotopic (exact) mass is 309 g/mol. The predicted octanol–water partition coefficient (Wildman–Crippen LogP) is 3.74. The maximum Gasteiger partial charge on any atom is 0.208 e. The molecule has 0 amide bonds. The van der Waals surface area contributed by atoms with E-state index in [2.05, 4.69) is 55.4 Å². The maximum atomic E-state index is 4.49. The van der Waals surface area contributed by atoms with Gasteiger partial charge in [-0.05, 0) is 30.5 Å². The molecule has 17 heavy (non-hydrogen) atoms. The topological polar surface area (TPSA) is 41.6 Å². The van der Waals surface area contributed by atoms with Crippen LogP contribution in [0.4, 0.5) is 0 Å². The van der Waals surface area contributed by atoms with E-state index < -0.39 is 0 Å². The summed E-state index contributed by atoms with van der Waals surface area (Å²) >= 11 is 5.11. The molecule has 1 N–H and O–H groups in total. The van der Waals surface area contributed by atoms with Crippen LogP contribution >= 0.6 is 27.7 Å². The number of thioether (sulfide) groups is 1. The average molecular weight is 310 g/mol. The molecule has 1 aromatic heterocycles. The number of nitrogens with zero attached hydrogens (tertiary/aromatic N) is 2. The van der Waals surface area contributed by atoms with Crippen LogP contribution < -0.4 is 0 Å². The summed E-state index contributed by atoms with van der Waals surface area (Å²) in [5.41, 5.74) is 1.29. The van der Waals surface area contributed by atoms with E-state index >= 15 is 0 Å². The Labute approximate surface area is 113 Å². The molecule has 5 heteroatoms. The third-order valence-corrected chi connectivity index (χ3v) is 4.17. The zero-order chi connectivity index (χ0) is 11.7. The number of aromatic nitrogens is 3. The maximum absolute atomic E-state index is 4.49. The van der Waals surface area contributed by atoms with Gasteiger partial charge < -0.3 is 0 Å². The molecule has 88 valence electrons. The standard InChI is InChI=1S/C12H12BrN3S/c13-10-5-1-8(2-6-10)7-17-12-14-11(15-16-12)9-3-4-9/h1-2,5-6,9H,3-4,7H2,(H,14,15,16). The largest absolute Gasteiger partial charge is 0.262 e. The highest BCUT2D eigenvalue weighted by Gasteiger charge is 2.27. The van der Waals surface area contributed by atoms with Crippen molar-refractivity contribution in [3.8, 4) is 0 Å².